The number of rotatable bonds is 3. The molecular formula is C25H34N6O4S. The molecule has 4 aliphatic heterocycles. The van der Waals surface area contributed by atoms with E-state index in [-0.39, 0.29) is 10.6 Å². The van der Waals surface area contributed by atoms with Gasteiger partial charge in [0, 0.05) is 56.1 Å². The van der Waals surface area contributed by atoms with Gasteiger partial charge in [-0.15, -0.1) is 0 Å². The number of aromatic hydroxyl groups is 1. The summed E-state index contributed by atoms with van der Waals surface area (Å²) < 4.78 is 35.3. The van der Waals surface area contributed by atoms with Crippen LogP contribution in [0, 0.1) is 0 Å². The van der Waals surface area contributed by atoms with Crippen LogP contribution in [0.15, 0.2) is 17.0 Å². The van der Waals surface area contributed by atoms with Crippen molar-refractivity contribution in [1.82, 2.24) is 9.80 Å². The number of phenolic OH excluding ortho intramolecular Hbond substituents is 1. The Labute approximate surface area is 212 Å². The van der Waals surface area contributed by atoms with E-state index in [0.29, 0.717) is 45.2 Å². The first-order valence-electron chi connectivity index (χ1n) is 12.5. The normalized spacial score (nSPS) is 19.7. The summed E-state index contributed by atoms with van der Waals surface area (Å²) in [5, 5.41) is 11.1. The van der Waals surface area contributed by atoms with Gasteiger partial charge in [-0.05, 0) is 51.2 Å². The second-order valence-corrected chi connectivity index (χ2v) is 11.9. The van der Waals surface area contributed by atoms with Crippen molar-refractivity contribution in [3.63, 3.8) is 0 Å². The van der Waals surface area contributed by atoms with E-state index in [2.05, 4.69) is 38.5 Å². The van der Waals surface area contributed by atoms with Gasteiger partial charge in [0.15, 0.2) is 0 Å². The van der Waals surface area contributed by atoms with Crippen molar-refractivity contribution in [1.29, 1.82) is 0 Å². The Hall–Kier alpha value is -2.73. The van der Waals surface area contributed by atoms with E-state index in [1.165, 1.54) is 5.69 Å². The maximum atomic E-state index is 12.5. The van der Waals surface area contributed by atoms with Crippen molar-refractivity contribution in [3.05, 3.63) is 34.4 Å². The second-order valence-electron chi connectivity index (χ2n) is 10.5. The molecule has 0 unspecified atom stereocenters. The summed E-state index contributed by atoms with van der Waals surface area (Å²) in [6.45, 7) is 10.2. The summed E-state index contributed by atoms with van der Waals surface area (Å²) in [6, 6.07) is 3.53. The third-order valence-corrected chi connectivity index (χ3v) is 8.76. The predicted octanol–water partition coefficient (Wildman–Crippen LogP) is 2.40. The minimum atomic E-state index is -4.42. The van der Waals surface area contributed by atoms with Crippen molar-refractivity contribution in [2.75, 3.05) is 66.8 Å². The monoisotopic (exact) mass is 514 g/mol. The predicted molar refractivity (Wildman–Crippen MR) is 140 cm³/mol. The maximum absolute atomic E-state index is 12.5. The molecule has 0 saturated carbocycles. The van der Waals surface area contributed by atoms with Crippen LogP contribution in [0.1, 0.15) is 36.1 Å². The number of benzene rings is 2. The van der Waals surface area contributed by atoms with Gasteiger partial charge in [-0.25, -0.2) is 0 Å². The molecule has 10 nitrogen and oxygen atoms in total. The molecule has 2 bridgehead atoms. The van der Waals surface area contributed by atoms with Crippen LogP contribution in [0.25, 0.3) is 0 Å². The number of phenols is 1. The summed E-state index contributed by atoms with van der Waals surface area (Å²) in [4.78, 5) is 13.2. The zero-order valence-corrected chi connectivity index (χ0v) is 22.1. The van der Waals surface area contributed by atoms with E-state index in [1.807, 2.05) is 24.9 Å². The second kappa shape index (κ2) is 8.14. The zero-order valence-electron chi connectivity index (χ0n) is 21.3. The highest BCUT2D eigenvalue weighted by Gasteiger charge is 2.40. The molecule has 11 heteroatoms. The SMILES string of the molecule is CCN1CN(C)Cc2cc(O)c3c(c21)CN1CN3Cc2cc(S(=O)(=O)O)c3c(c21)CN(C)CN3CC. The van der Waals surface area contributed by atoms with E-state index in [4.69, 9.17) is 0 Å². The molecule has 0 fully saturated rings. The van der Waals surface area contributed by atoms with Gasteiger partial charge in [-0.3, -0.25) is 14.4 Å². The zero-order chi connectivity index (χ0) is 25.5. The van der Waals surface area contributed by atoms with Crippen LogP contribution in [0.3, 0.4) is 0 Å². The summed E-state index contributed by atoms with van der Waals surface area (Å²) in [5.74, 6) is 0.267. The molecular weight excluding hydrogens is 480 g/mol. The van der Waals surface area contributed by atoms with Crippen molar-refractivity contribution >= 4 is 32.9 Å². The largest absolute Gasteiger partial charge is 0.506 e. The standard InChI is InChI=1S/C25H34N6O4S/c1-5-28-13-26(3)9-16-7-20(32)24-19(22(16)28)12-31-15-30(24)10-17-8-21(36(33,34)35)25-18(23(17)31)11-27(4)14-29(25)6-2/h7-8,32H,5-6,9-15H2,1-4H3,(H,33,34,35). The Morgan fingerprint density at radius 2 is 1.33 bits per heavy atom. The van der Waals surface area contributed by atoms with Gasteiger partial charge in [0.1, 0.15) is 10.6 Å². The molecule has 0 spiro atoms. The van der Waals surface area contributed by atoms with Crippen LogP contribution in [0.2, 0.25) is 0 Å². The lowest BCUT2D eigenvalue weighted by Gasteiger charge is -2.49. The molecule has 0 aromatic heterocycles. The number of nitrogens with zero attached hydrogens (tertiary/aromatic N) is 6. The van der Waals surface area contributed by atoms with Gasteiger partial charge in [0.2, 0.25) is 0 Å². The molecule has 4 aliphatic rings. The lowest BCUT2D eigenvalue weighted by molar-refractivity contribution is 0.307. The lowest BCUT2D eigenvalue weighted by Crippen LogP contribution is -2.49. The Bertz CT molecular complexity index is 1360. The van der Waals surface area contributed by atoms with E-state index in [1.54, 1.807) is 6.07 Å². The number of anilines is 4. The fraction of sp³-hybridized carbons (Fsp3) is 0.520. The maximum Gasteiger partial charge on any atom is 0.296 e. The summed E-state index contributed by atoms with van der Waals surface area (Å²) >= 11 is 0. The average Bonchev–Trinajstić information content (AvgIpc) is 2.80. The van der Waals surface area contributed by atoms with Crippen molar-refractivity contribution < 1.29 is 18.1 Å². The molecule has 2 N–H and O–H groups in total. The Balaban J connectivity index is 1.56. The Morgan fingerprint density at radius 1 is 0.750 bits per heavy atom. The quantitative estimate of drug-likeness (QED) is 0.595. The van der Waals surface area contributed by atoms with Crippen molar-refractivity contribution in [2.45, 2.75) is 44.9 Å². The number of hydrogen-bond donors (Lipinski definition) is 2. The minimum absolute atomic E-state index is 0.0244. The van der Waals surface area contributed by atoms with Gasteiger partial charge >= 0.3 is 0 Å². The molecule has 2 aromatic rings. The fourth-order valence-corrected chi connectivity index (χ4v) is 7.43. The average molecular weight is 515 g/mol. The van der Waals surface area contributed by atoms with Crippen LogP contribution in [0.4, 0.5) is 22.7 Å². The lowest BCUT2D eigenvalue weighted by atomic mass is 9.92. The molecule has 36 heavy (non-hydrogen) atoms. The van der Waals surface area contributed by atoms with Crippen LogP contribution in [-0.4, -0.2) is 75.1 Å². The van der Waals surface area contributed by atoms with E-state index in [9.17, 15) is 18.1 Å². The Morgan fingerprint density at radius 3 is 2.00 bits per heavy atom. The summed E-state index contributed by atoms with van der Waals surface area (Å²) in [7, 11) is -0.294. The molecule has 6 rings (SSSR count). The van der Waals surface area contributed by atoms with E-state index in [0.717, 1.165) is 53.4 Å². The first kappa shape index (κ1) is 23.7. The molecule has 4 heterocycles. The van der Waals surface area contributed by atoms with Gasteiger partial charge in [-0.2, -0.15) is 8.42 Å². The van der Waals surface area contributed by atoms with Crippen LogP contribution < -0.4 is 19.6 Å². The van der Waals surface area contributed by atoms with Gasteiger partial charge < -0.3 is 24.7 Å². The fourth-order valence-electron chi connectivity index (χ4n) is 6.64. The van der Waals surface area contributed by atoms with Gasteiger partial charge in [0.25, 0.3) is 10.1 Å². The smallest absolute Gasteiger partial charge is 0.296 e. The molecule has 0 saturated heterocycles. The molecule has 0 aliphatic carbocycles. The number of fused-ring (bicyclic) bond motifs is 10. The highest BCUT2D eigenvalue weighted by molar-refractivity contribution is 7.86. The van der Waals surface area contributed by atoms with E-state index >= 15 is 0 Å². The topological polar surface area (TPSA) is 94.0 Å². The first-order valence-corrected chi connectivity index (χ1v) is 14.0. The van der Waals surface area contributed by atoms with Crippen LogP contribution >= 0.6 is 0 Å². The minimum Gasteiger partial charge on any atom is -0.506 e. The molecule has 2 aromatic carbocycles. The summed E-state index contributed by atoms with van der Waals surface area (Å²) in [5.41, 5.74) is 7.76. The Kier molecular flexibility index (Phi) is 5.35. The summed E-state index contributed by atoms with van der Waals surface area (Å²) in [6.07, 6.45) is 0. The first-order chi connectivity index (χ1) is 17.1. The van der Waals surface area contributed by atoms with Gasteiger partial charge in [-0.1, -0.05) is 0 Å². The molecule has 0 amide bonds. The van der Waals surface area contributed by atoms with E-state index < -0.39 is 10.1 Å². The van der Waals surface area contributed by atoms with Crippen LogP contribution in [-0.2, 0) is 36.3 Å². The highest BCUT2D eigenvalue weighted by atomic mass is 32.2. The number of hydrogen-bond acceptors (Lipinski definition) is 9. The third-order valence-electron chi connectivity index (χ3n) is 7.89. The molecule has 0 atom stereocenters. The third kappa shape index (κ3) is 3.44. The molecule has 0 radical (unpaired) electrons. The highest BCUT2D eigenvalue weighted by Crippen LogP contribution is 2.51. The van der Waals surface area contributed by atoms with Crippen molar-refractivity contribution in [2.24, 2.45) is 0 Å². The van der Waals surface area contributed by atoms with Crippen LogP contribution in [0.5, 0.6) is 5.75 Å². The van der Waals surface area contributed by atoms with Crippen molar-refractivity contribution in [3.8, 4) is 5.75 Å². The molecule has 194 valence electrons. The van der Waals surface area contributed by atoms with Gasteiger partial charge in [0.05, 0.1) is 37.1 Å².